The van der Waals surface area contributed by atoms with Crippen LogP contribution in [0, 0.1) is 0 Å². The maximum atomic E-state index is 6.26. The van der Waals surface area contributed by atoms with Crippen LogP contribution in [0.4, 0.5) is 5.69 Å². The summed E-state index contributed by atoms with van der Waals surface area (Å²) in [7, 11) is 3.22. The maximum absolute atomic E-state index is 6.26. The number of anilines is 1. The Morgan fingerprint density at radius 3 is 2.58 bits per heavy atom. The maximum Gasteiger partial charge on any atom is 0.162 e. The first-order valence-electron chi connectivity index (χ1n) is 6.43. The van der Waals surface area contributed by atoms with E-state index in [-0.39, 0.29) is 6.10 Å². The smallest absolute Gasteiger partial charge is 0.162 e. The van der Waals surface area contributed by atoms with Gasteiger partial charge in [0.15, 0.2) is 11.5 Å². The van der Waals surface area contributed by atoms with E-state index in [1.165, 1.54) is 0 Å². The Morgan fingerprint density at radius 2 is 1.95 bits per heavy atom. The Bertz CT molecular complexity index is 439. The highest BCUT2D eigenvalue weighted by Gasteiger charge is 2.20. The fourth-order valence-electron chi connectivity index (χ4n) is 2.31. The second kappa shape index (κ2) is 6.35. The van der Waals surface area contributed by atoms with E-state index in [0.29, 0.717) is 22.6 Å². The molecule has 0 amide bonds. The van der Waals surface area contributed by atoms with Crippen molar-refractivity contribution >= 4 is 17.3 Å². The van der Waals surface area contributed by atoms with Crippen LogP contribution in [0.2, 0.25) is 5.02 Å². The third kappa shape index (κ3) is 3.45. The number of methoxy groups -OCH3 is 2. The zero-order valence-electron chi connectivity index (χ0n) is 11.5. The second-order valence-corrected chi connectivity index (χ2v) is 5.14. The molecule has 1 aliphatic rings. The largest absolute Gasteiger partial charge is 0.493 e. The summed E-state index contributed by atoms with van der Waals surface area (Å²) in [5.41, 5.74) is 0.874. The number of halogens is 1. The second-order valence-electron chi connectivity index (χ2n) is 4.73. The first-order chi connectivity index (χ1) is 9.13. The van der Waals surface area contributed by atoms with Crippen LogP contribution in [0.15, 0.2) is 12.1 Å². The molecule has 1 saturated heterocycles. The lowest BCUT2D eigenvalue weighted by Gasteiger charge is -2.29. The Labute approximate surface area is 119 Å². The van der Waals surface area contributed by atoms with Crippen molar-refractivity contribution < 1.29 is 14.2 Å². The molecular formula is C14H20ClNO3. The third-order valence-corrected chi connectivity index (χ3v) is 3.63. The molecule has 2 atom stereocenters. The van der Waals surface area contributed by atoms with Gasteiger partial charge in [0.25, 0.3) is 0 Å². The van der Waals surface area contributed by atoms with Crippen molar-refractivity contribution in [2.75, 3.05) is 26.1 Å². The van der Waals surface area contributed by atoms with Gasteiger partial charge in [0.2, 0.25) is 0 Å². The van der Waals surface area contributed by atoms with Gasteiger partial charge in [-0.25, -0.2) is 0 Å². The van der Waals surface area contributed by atoms with Crippen molar-refractivity contribution in [3.05, 3.63) is 17.2 Å². The predicted octanol–water partition coefficient (Wildman–Crippen LogP) is 3.34. The van der Waals surface area contributed by atoms with Crippen LogP contribution in [0.1, 0.15) is 19.8 Å². The van der Waals surface area contributed by atoms with Crippen molar-refractivity contribution in [1.82, 2.24) is 0 Å². The van der Waals surface area contributed by atoms with Crippen LogP contribution in [-0.2, 0) is 4.74 Å². The van der Waals surface area contributed by atoms with Crippen molar-refractivity contribution in [1.29, 1.82) is 0 Å². The average molecular weight is 286 g/mol. The Morgan fingerprint density at radius 1 is 1.26 bits per heavy atom. The van der Waals surface area contributed by atoms with Crippen molar-refractivity contribution in [3.8, 4) is 11.5 Å². The summed E-state index contributed by atoms with van der Waals surface area (Å²) in [6.45, 7) is 2.87. The zero-order valence-corrected chi connectivity index (χ0v) is 12.3. The molecule has 2 rings (SSSR count). The molecule has 4 nitrogen and oxygen atoms in total. The Hall–Kier alpha value is -1.13. The van der Waals surface area contributed by atoms with E-state index < -0.39 is 0 Å². The van der Waals surface area contributed by atoms with Crippen LogP contribution in [0.5, 0.6) is 11.5 Å². The lowest BCUT2D eigenvalue weighted by atomic mass is 10.0. The van der Waals surface area contributed by atoms with Crippen LogP contribution in [0.25, 0.3) is 0 Å². The molecule has 5 heteroatoms. The van der Waals surface area contributed by atoms with Gasteiger partial charge in [-0.15, -0.1) is 0 Å². The normalized spacial score (nSPS) is 22.9. The molecule has 1 fully saturated rings. The summed E-state index contributed by atoms with van der Waals surface area (Å²) in [6.07, 6.45) is 2.24. The van der Waals surface area contributed by atoms with Gasteiger partial charge >= 0.3 is 0 Å². The summed E-state index contributed by atoms with van der Waals surface area (Å²) in [6, 6.07) is 4.02. The molecule has 1 aromatic rings. The lowest BCUT2D eigenvalue weighted by molar-refractivity contribution is 0.0232. The fourth-order valence-corrected chi connectivity index (χ4v) is 2.52. The van der Waals surface area contributed by atoms with Gasteiger partial charge in [0.05, 0.1) is 31.0 Å². The van der Waals surface area contributed by atoms with Crippen LogP contribution >= 0.6 is 11.6 Å². The zero-order chi connectivity index (χ0) is 13.8. The molecule has 1 aliphatic heterocycles. The minimum absolute atomic E-state index is 0.283. The van der Waals surface area contributed by atoms with Crippen molar-refractivity contribution in [2.24, 2.45) is 0 Å². The highest BCUT2D eigenvalue weighted by atomic mass is 35.5. The van der Waals surface area contributed by atoms with E-state index in [1.54, 1.807) is 20.3 Å². The molecule has 1 heterocycles. The standard InChI is InChI=1S/C14H20ClNO3/c1-9-6-10(4-5-19-9)16-12-8-14(18-3)13(17-2)7-11(12)15/h7-10,16H,4-6H2,1-3H3. The number of hydrogen-bond donors (Lipinski definition) is 1. The van der Waals surface area contributed by atoms with Gasteiger partial charge in [-0.05, 0) is 19.8 Å². The first kappa shape index (κ1) is 14.3. The molecule has 0 radical (unpaired) electrons. The molecule has 1 aromatic carbocycles. The molecule has 0 saturated carbocycles. The van der Waals surface area contributed by atoms with E-state index in [1.807, 2.05) is 6.07 Å². The molecular weight excluding hydrogens is 266 g/mol. The van der Waals surface area contributed by atoms with Gasteiger partial charge < -0.3 is 19.5 Å². The van der Waals surface area contributed by atoms with E-state index in [2.05, 4.69) is 12.2 Å². The number of rotatable bonds is 4. The molecule has 19 heavy (non-hydrogen) atoms. The number of benzene rings is 1. The monoisotopic (exact) mass is 285 g/mol. The topological polar surface area (TPSA) is 39.7 Å². The summed E-state index contributed by atoms with van der Waals surface area (Å²) in [4.78, 5) is 0. The van der Waals surface area contributed by atoms with Crippen LogP contribution in [0.3, 0.4) is 0 Å². The van der Waals surface area contributed by atoms with Crippen LogP contribution < -0.4 is 14.8 Å². The Balaban J connectivity index is 2.15. The molecule has 0 aliphatic carbocycles. The minimum atomic E-state index is 0.283. The highest BCUT2D eigenvalue weighted by Crippen LogP contribution is 2.36. The summed E-state index contributed by atoms with van der Waals surface area (Å²) in [5.74, 6) is 1.31. The van der Waals surface area contributed by atoms with Crippen molar-refractivity contribution in [3.63, 3.8) is 0 Å². The van der Waals surface area contributed by atoms with Crippen molar-refractivity contribution in [2.45, 2.75) is 31.9 Å². The predicted molar refractivity (Wildman–Crippen MR) is 76.6 cm³/mol. The molecule has 2 unspecified atom stereocenters. The van der Waals surface area contributed by atoms with Gasteiger partial charge in [0.1, 0.15) is 0 Å². The highest BCUT2D eigenvalue weighted by molar-refractivity contribution is 6.33. The molecule has 0 aromatic heterocycles. The third-order valence-electron chi connectivity index (χ3n) is 3.32. The SMILES string of the molecule is COc1cc(Cl)c(NC2CCOC(C)C2)cc1OC. The summed E-state index contributed by atoms with van der Waals surface area (Å²) in [5, 5.41) is 4.09. The van der Waals surface area contributed by atoms with Gasteiger partial charge in [-0.1, -0.05) is 11.6 Å². The van der Waals surface area contributed by atoms with E-state index in [4.69, 9.17) is 25.8 Å². The van der Waals surface area contributed by atoms with E-state index >= 15 is 0 Å². The lowest BCUT2D eigenvalue weighted by Crippen LogP contribution is -2.32. The van der Waals surface area contributed by atoms with E-state index in [0.717, 1.165) is 25.1 Å². The number of ether oxygens (including phenoxy) is 3. The minimum Gasteiger partial charge on any atom is -0.493 e. The molecule has 0 spiro atoms. The van der Waals surface area contributed by atoms with Gasteiger partial charge in [0, 0.05) is 24.8 Å². The number of hydrogen-bond acceptors (Lipinski definition) is 4. The summed E-state index contributed by atoms with van der Waals surface area (Å²) < 4.78 is 16.1. The van der Waals surface area contributed by atoms with Gasteiger partial charge in [-0.2, -0.15) is 0 Å². The quantitative estimate of drug-likeness (QED) is 0.921. The fraction of sp³-hybridized carbons (Fsp3) is 0.571. The van der Waals surface area contributed by atoms with E-state index in [9.17, 15) is 0 Å². The molecule has 106 valence electrons. The number of nitrogens with one attached hydrogen (secondary N) is 1. The molecule has 0 bridgehead atoms. The molecule has 1 N–H and O–H groups in total. The van der Waals surface area contributed by atoms with Crippen LogP contribution in [-0.4, -0.2) is 33.0 Å². The Kier molecular flexibility index (Phi) is 4.77. The summed E-state index contributed by atoms with van der Waals surface area (Å²) >= 11 is 6.26. The van der Waals surface area contributed by atoms with Gasteiger partial charge in [-0.3, -0.25) is 0 Å². The average Bonchev–Trinajstić information content (AvgIpc) is 2.40. The first-order valence-corrected chi connectivity index (χ1v) is 6.81.